The van der Waals surface area contributed by atoms with E-state index in [1.54, 1.807) is 0 Å². The molecule has 164 valence electrons. The molecular formula is C21H48O4SiZr. The third kappa shape index (κ3) is 12.3. The Kier molecular flexibility index (Phi) is 15.4. The van der Waals surface area contributed by atoms with Gasteiger partial charge in [0.25, 0.3) is 0 Å². The van der Waals surface area contributed by atoms with E-state index < -0.39 is 30.3 Å². The fraction of sp³-hybridized carbons (Fsp3) is 1.00. The summed E-state index contributed by atoms with van der Waals surface area (Å²) in [5.41, 5.74) is 0. The van der Waals surface area contributed by atoms with Crippen molar-refractivity contribution >= 4 is 8.32 Å². The molecule has 0 heterocycles. The van der Waals surface area contributed by atoms with E-state index >= 15 is 0 Å². The number of hydrogen-bond donors (Lipinski definition) is 0. The van der Waals surface area contributed by atoms with Crippen molar-refractivity contribution in [2.45, 2.75) is 99.7 Å². The van der Waals surface area contributed by atoms with Gasteiger partial charge in [-0.25, -0.2) is 0 Å². The standard InChI is InChI=1S/C9H21OSi.3C4H9O.Zr/c1-4-7-11(10,8-5-2)9-6-3;3*1-4(2)3-5;/h4-9H2,1-3H3;3*4H,3H2,1-2H3;/q4*-1;+4. The van der Waals surface area contributed by atoms with E-state index in [4.69, 9.17) is 10.9 Å². The summed E-state index contributed by atoms with van der Waals surface area (Å²) in [5.74, 6) is 1.32. The van der Waals surface area contributed by atoms with Crippen molar-refractivity contribution < 1.29 is 33.0 Å². The number of hydrogen-bond acceptors (Lipinski definition) is 4. The molecule has 0 bridgehead atoms. The van der Waals surface area contributed by atoms with Crippen LogP contribution in [-0.4, -0.2) is 28.1 Å². The SMILES string of the molecule is CCC[Si](CCC)(CCC)[O][Zr]([O]CC(C)C)([O]CC(C)C)[O]CC(C)C. The Morgan fingerprint density at radius 2 is 0.889 bits per heavy atom. The van der Waals surface area contributed by atoms with Crippen molar-refractivity contribution in [1.82, 2.24) is 0 Å². The average molecular weight is 484 g/mol. The van der Waals surface area contributed by atoms with E-state index in [2.05, 4.69) is 62.3 Å². The van der Waals surface area contributed by atoms with E-state index in [-0.39, 0.29) is 0 Å². The molecule has 27 heavy (non-hydrogen) atoms. The zero-order valence-corrected chi connectivity index (χ0v) is 23.2. The Morgan fingerprint density at radius 1 is 0.593 bits per heavy atom. The summed E-state index contributed by atoms with van der Waals surface area (Å²) in [6.07, 6.45) is 3.48. The maximum atomic E-state index is 7.08. The summed E-state index contributed by atoms with van der Waals surface area (Å²) in [6.45, 7) is 21.8. The molecule has 6 heteroatoms. The van der Waals surface area contributed by atoms with Crippen LogP contribution in [0.2, 0.25) is 18.1 Å². The molecule has 4 nitrogen and oxygen atoms in total. The first kappa shape index (κ1) is 27.9. The summed E-state index contributed by atoms with van der Waals surface area (Å²) in [7, 11) is -1.93. The summed E-state index contributed by atoms with van der Waals surface area (Å²) >= 11 is -4.10. The van der Waals surface area contributed by atoms with Crippen molar-refractivity contribution in [3.05, 3.63) is 0 Å². The second kappa shape index (κ2) is 14.8. The van der Waals surface area contributed by atoms with Gasteiger partial charge in [-0.15, -0.1) is 0 Å². The van der Waals surface area contributed by atoms with Crippen molar-refractivity contribution in [3.63, 3.8) is 0 Å². The van der Waals surface area contributed by atoms with Gasteiger partial charge in [-0.3, -0.25) is 0 Å². The second-order valence-electron chi connectivity index (χ2n) is 9.15. The van der Waals surface area contributed by atoms with Gasteiger partial charge >= 0.3 is 179 Å². The zero-order valence-electron chi connectivity index (χ0n) is 19.7. The molecule has 0 aliphatic heterocycles. The Morgan fingerprint density at radius 3 is 1.11 bits per heavy atom. The molecule has 0 aliphatic rings. The van der Waals surface area contributed by atoms with Crippen molar-refractivity contribution in [3.8, 4) is 0 Å². The van der Waals surface area contributed by atoms with Gasteiger partial charge in [-0.1, -0.05) is 0 Å². The van der Waals surface area contributed by atoms with Crippen LogP contribution in [0.15, 0.2) is 0 Å². The molecule has 0 N–H and O–H groups in total. The predicted molar refractivity (Wildman–Crippen MR) is 115 cm³/mol. The fourth-order valence-corrected chi connectivity index (χ4v) is 19.7. The molecule has 0 unspecified atom stereocenters. The Bertz CT molecular complexity index is 316. The van der Waals surface area contributed by atoms with E-state index in [0.29, 0.717) is 37.6 Å². The maximum absolute atomic E-state index is 7.08. The van der Waals surface area contributed by atoms with Gasteiger partial charge < -0.3 is 0 Å². The molecule has 0 saturated heterocycles. The van der Waals surface area contributed by atoms with Crippen LogP contribution in [0.1, 0.15) is 81.6 Å². The van der Waals surface area contributed by atoms with Crippen molar-refractivity contribution in [1.29, 1.82) is 0 Å². The Balaban J connectivity index is 5.77. The summed E-state index contributed by atoms with van der Waals surface area (Å²) in [6, 6.07) is 3.53. The number of rotatable bonds is 17. The third-order valence-corrected chi connectivity index (χ3v) is 18.0. The topological polar surface area (TPSA) is 36.9 Å². The van der Waals surface area contributed by atoms with Crippen LogP contribution >= 0.6 is 0 Å². The van der Waals surface area contributed by atoms with Crippen LogP contribution in [0.4, 0.5) is 0 Å². The van der Waals surface area contributed by atoms with Crippen LogP contribution in [0.25, 0.3) is 0 Å². The molecule has 0 fully saturated rings. The molecule has 0 aromatic heterocycles. The predicted octanol–water partition coefficient (Wildman–Crippen LogP) is 7.01. The quantitative estimate of drug-likeness (QED) is 0.208. The van der Waals surface area contributed by atoms with Gasteiger partial charge in [0.05, 0.1) is 0 Å². The van der Waals surface area contributed by atoms with E-state index in [1.165, 1.54) is 18.1 Å². The van der Waals surface area contributed by atoms with Crippen LogP contribution < -0.4 is 0 Å². The Hall–Kier alpha value is 0.940. The first-order valence-corrected chi connectivity index (χ1v) is 17.8. The van der Waals surface area contributed by atoms with E-state index in [1.807, 2.05) is 0 Å². The fourth-order valence-electron chi connectivity index (χ4n) is 3.18. The molecule has 0 atom stereocenters. The van der Waals surface area contributed by atoms with Crippen LogP contribution in [-0.2, 0) is 33.0 Å². The van der Waals surface area contributed by atoms with E-state index in [9.17, 15) is 0 Å². The minimum absolute atomic E-state index is 0.439. The van der Waals surface area contributed by atoms with Gasteiger partial charge in [0, 0.05) is 0 Å². The van der Waals surface area contributed by atoms with Gasteiger partial charge in [-0.05, 0) is 0 Å². The van der Waals surface area contributed by atoms with Crippen LogP contribution in [0, 0.1) is 17.8 Å². The molecule has 0 saturated carbocycles. The monoisotopic (exact) mass is 482 g/mol. The zero-order chi connectivity index (χ0) is 20.9. The van der Waals surface area contributed by atoms with Crippen molar-refractivity contribution in [2.24, 2.45) is 17.8 Å². The summed E-state index contributed by atoms with van der Waals surface area (Å²) in [4.78, 5) is 0. The summed E-state index contributed by atoms with van der Waals surface area (Å²) in [5, 5.41) is 0. The van der Waals surface area contributed by atoms with Gasteiger partial charge in [0.15, 0.2) is 0 Å². The summed E-state index contributed by atoms with van der Waals surface area (Å²) < 4.78 is 26.5. The molecular weight excluding hydrogens is 436 g/mol. The first-order valence-electron chi connectivity index (χ1n) is 11.3. The molecule has 0 rings (SSSR count). The molecule has 0 aromatic carbocycles. The van der Waals surface area contributed by atoms with Gasteiger partial charge in [0.1, 0.15) is 0 Å². The minimum atomic E-state index is -4.10. The molecule has 0 radical (unpaired) electrons. The van der Waals surface area contributed by atoms with E-state index in [0.717, 1.165) is 19.3 Å². The second-order valence-corrected chi connectivity index (χ2v) is 19.3. The van der Waals surface area contributed by atoms with Gasteiger partial charge in [-0.2, -0.15) is 0 Å². The molecule has 0 aromatic rings. The molecule has 0 aliphatic carbocycles. The molecule has 0 spiro atoms. The average Bonchev–Trinajstić information content (AvgIpc) is 2.57. The van der Waals surface area contributed by atoms with Crippen LogP contribution in [0.3, 0.4) is 0 Å². The van der Waals surface area contributed by atoms with Gasteiger partial charge in [0.2, 0.25) is 0 Å². The molecule has 0 amide bonds. The van der Waals surface area contributed by atoms with Crippen molar-refractivity contribution in [2.75, 3.05) is 19.8 Å². The van der Waals surface area contributed by atoms with Crippen LogP contribution in [0.5, 0.6) is 0 Å². The normalized spacial score (nSPS) is 13.3. The third-order valence-electron chi connectivity index (χ3n) is 4.24. The Labute approximate surface area is 178 Å². The first-order chi connectivity index (χ1) is 12.6.